The van der Waals surface area contributed by atoms with Crippen molar-refractivity contribution in [2.24, 2.45) is 0 Å². The van der Waals surface area contributed by atoms with Crippen molar-refractivity contribution in [1.29, 1.82) is 5.26 Å². The second kappa shape index (κ2) is 9.27. The Morgan fingerprint density at radius 3 is 2.53 bits per heavy atom. The van der Waals surface area contributed by atoms with Crippen molar-refractivity contribution < 1.29 is 27.0 Å². The summed E-state index contributed by atoms with van der Waals surface area (Å²) >= 11 is 5.85. The van der Waals surface area contributed by atoms with E-state index in [9.17, 15) is 22.3 Å². The largest absolute Gasteiger partial charge is 0.488 e. The van der Waals surface area contributed by atoms with Crippen LogP contribution in [0.1, 0.15) is 23.7 Å². The van der Waals surface area contributed by atoms with E-state index in [4.69, 9.17) is 21.6 Å². The van der Waals surface area contributed by atoms with Crippen LogP contribution in [0, 0.1) is 23.0 Å². The van der Waals surface area contributed by atoms with Crippen LogP contribution < -0.4 is 10.1 Å². The zero-order valence-electron chi connectivity index (χ0n) is 15.7. The third kappa shape index (κ3) is 4.42. The Hall–Kier alpha value is -2.25. The summed E-state index contributed by atoms with van der Waals surface area (Å²) in [6, 6.07) is 7.51. The normalized spacial score (nSPS) is 19.4. The lowest BCUT2D eigenvalue weighted by molar-refractivity contribution is 0.196. The molecule has 0 amide bonds. The highest BCUT2D eigenvalue weighted by Gasteiger charge is 2.44. The lowest BCUT2D eigenvalue weighted by Crippen LogP contribution is -2.50. The van der Waals surface area contributed by atoms with E-state index in [1.54, 1.807) is 0 Å². The highest BCUT2D eigenvalue weighted by atomic mass is 35.5. The van der Waals surface area contributed by atoms with Gasteiger partial charge in [0, 0.05) is 17.7 Å². The molecule has 3 rings (SSSR count). The molecule has 0 saturated carbocycles. The van der Waals surface area contributed by atoms with Gasteiger partial charge in [-0.25, -0.2) is 17.2 Å². The van der Waals surface area contributed by atoms with Crippen LogP contribution in [-0.2, 0) is 9.84 Å². The molecule has 2 aromatic rings. The van der Waals surface area contributed by atoms with Gasteiger partial charge in [0.15, 0.2) is 21.4 Å². The molecule has 0 saturated heterocycles. The minimum absolute atomic E-state index is 0.0107. The molecule has 0 fully saturated rings. The van der Waals surface area contributed by atoms with Gasteiger partial charge in [-0.05, 0) is 42.8 Å². The van der Waals surface area contributed by atoms with Crippen molar-refractivity contribution in [3.63, 3.8) is 0 Å². The molecule has 0 aliphatic carbocycles. The molecule has 2 aromatic carbocycles. The van der Waals surface area contributed by atoms with Gasteiger partial charge in [-0.1, -0.05) is 11.6 Å². The van der Waals surface area contributed by atoms with Crippen molar-refractivity contribution in [1.82, 2.24) is 5.32 Å². The lowest BCUT2D eigenvalue weighted by Gasteiger charge is -2.36. The summed E-state index contributed by atoms with van der Waals surface area (Å²) in [5.74, 6) is -2.24. The Morgan fingerprint density at radius 2 is 1.90 bits per heavy atom. The van der Waals surface area contributed by atoms with Gasteiger partial charge in [0.25, 0.3) is 0 Å². The number of hydrogen-bond acceptors (Lipinski definition) is 6. The monoisotopic (exact) mass is 456 g/mol. The molecule has 0 aromatic heterocycles. The Morgan fingerprint density at radius 1 is 1.23 bits per heavy atom. The standard InChI is InChI=1S/C20H19ClF2N2O4S/c21-12-1-3-14(4-2-12)30(27,28)20-17(25-13(7-9-24)8-10-26)11-29-19-16(23)6-5-15(22)18(19)20/h1-6,13,17,20,25-26H,7-8,10-11H2. The van der Waals surface area contributed by atoms with E-state index in [2.05, 4.69) is 5.32 Å². The van der Waals surface area contributed by atoms with Crippen molar-refractivity contribution in [2.45, 2.75) is 35.1 Å². The van der Waals surface area contributed by atoms with E-state index < -0.39 is 50.1 Å². The number of nitriles is 1. The van der Waals surface area contributed by atoms with E-state index in [0.717, 1.165) is 12.1 Å². The summed E-state index contributed by atoms with van der Waals surface area (Å²) in [4.78, 5) is -0.112. The Balaban J connectivity index is 2.12. The average Bonchev–Trinajstić information content (AvgIpc) is 2.71. The third-order valence-corrected chi connectivity index (χ3v) is 7.31. The number of nitrogens with one attached hydrogen (secondary N) is 1. The fraction of sp³-hybridized carbons (Fsp3) is 0.350. The molecule has 6 nitrogen and oxygen atoms in total. The van der Waals surface area contributed by atoms with E-state index in [0.29, 0.717) is 5.02 Å². The second-order valence-electron chi connectivity index (χ2n) is 6.85. The molecule has 3 unspecified atom stereocenters. The second-order valence-corrected chi connectivity index (χ2v) is 9.35. The number of sulfone groups is 1. The van der Waals surface area contributed by atoms with Gasteiger partial charge in [-0.15, -0.1) is 0 Å². The predicted octanol–water partition coefficient (Wildman–Crippen LogP) is 3.15. The molecule has 0 bridgehead atoms. The van der Waals surface area contributed by atoms with Crippen LogP contribution in [0.2, 0.25) is 5.02 Å². The number of halogens is 3. The summed E-state index contributed by atoms with van der Waals surface area (Å²) in [6.07, 6.45) is 0.166. The molecule has 2 N–H and O–H groups in total. The first-order valence-electron chi connectivity index (χ1n) is 9.13. The van der Waals surface area contributed by atoms with Gasteiger partial charge in [-0.2, -0.15) is 5.26 Å². The van der Waals surface area contributed by atoms with Gasteiger partial charge in [-0.3, -0.25) is 0 Å². The van der Waals surface area contributed by atoms with Crippen molar-refractivity contribution in [2.75, 3.05) is 13.2 Å². The van der Waals surface area contributed by atoms with Crippen molar-refractivity contribution in [3.8, 4) is 11.8 Å². The number of aliphatic hydroxyl groups excluding tert-OH is 1. The van der Waals surface area contributed by atoms with Crippen molar-refractivity contribution >= 4 is 21.4 Å². The van der Waals surface area contributed by atoms with E-state index in [1.165, 1.54) is 24.3 Å². The molecule has 0 spiro atoms. The van der Waals surface area contributed by atoms with Gasteiger partial charge < -0.3 is 15.2 Å². The smallest absolute Gasteiger partial charge is 0.187 e. The van der Waals surface area contributed by atoms with Crippen LogP contribution >= 0.6 is 11.6 Å². The summed E-state index contributed by atoms with van der Waals surface area (Å²) in [6.45, 7) is -0.501. The van der Waals surface area contributed by atoms with E-state index >= 15 is 0 Å². The number of ether oxygens (including phenoxy) is 1. The summed E-state index contributed by atoms with van der Waals surface area (Å²) in [5, 5.41) is 20.0. The van der Waals surface area contributed by atoms with Crippen molar-refractivity contribution in [3.05, 3.63) is 58.6 Å². The first-order chi connectivity index (χ1) is 14.3. The highest BCUT2D eigenvalue weighted by molar-refractivity contribution is 7.91. The average molecular weight is 457 g/mol. The number of aliphatic hydroxyl groups is 1. The molecule has 30 heavy (non-hydrogen) atoms. The summed E-state index contributed by atoms with van der Waals surface area (Å²) in [5.41, 5.74) is -0.409. The number of benzene rings is 2. The molecule has 0 radical (unpaired) electrons. The minimum Gasteiger partial charge on any atom is -0.488 e. The maximum absolute atomic E-state index is 14.8. The van der Waals surface area contributed by atoms with Gasteiger partial charge >= 0.3 is 0 Å². The van der Waals surface area contributed by atoms with Gasteiger partial charge in [0.2, 0.25) is 0 Å². The van der Waals surface area contributed by atoms with Crippen LogP contribution in [0.15, 0.2) is 41.3 Å². The lowest BCUT2D eigenvalue weighted by atomic mass is 9.99. The SMILES string of the molecule is N#CCC(CCO)NC1COc2c(F)ccc(F)c2C1S(=O)(=O)c1ccc(Cl)cc1. The predicted molar refractivity (Wildman–Crippen MR) is 106 cm³/mol. The molecular weight excluding hydrogens is 438 g/mol. The maximum Gasteiger partial charge on any atom is 0.187 e. The number of fused-ring (bicyclic) bond motifs is 1. The number of nitrogens with zero attached hydrogens (tertiary/aromatic N) is 1. The molecule has 1 heterocycles. The van der Waals surface area contributed by atoms with Crippen LogP contribution in [-0.4, -0.2) is 38.8 Å². The summed E-state index contributed by atoms with van der Waals surface area (Å²) < 4.78 is 61.4. The number of rotatable bonds is 7. The highest BCUT2D eigenvalue weighted by Crippen LogP contribution is 2.43. The zero-order valence-corrected chi connectivity index (χ0v) is 17.3. The summed E-state index contributed by atoms with van der Waals surface area (Å²) in [7, 11) is -4.21. The first kappa shape index (κ1) is 22.4. The molecule has 1 aliphatic rings. The quantitative estimate of drug-likeness (QED) is 0.664. The van der Waals surface area contributed by atoms with Crippen LogP contribution in [0.25, 0.3) is 0 Å². The van der Waals surface area contributed by atoms with Gasteiger partial charge in [0.05, 0.1) is 29.0 Å². The van der Waals surface area contributed by atoms with E-state index in [1.807, 2.05) is 6.07 Å². The van der Waals surface area contributed by atoms with Crippen LogP contribution in [0.5, 0.6) is 5.75 Å². The first-order valence-corrected chi connectivity index (χ1v) is 11.1. The Labute approximate surface area is 178 Å². The molecule has 160 valence electrons. The van der Waals surface area contributed by atoms with Gasteiger partial charge in [0.1, 0.15) is 17.7 Å². The third-order valence-electron chi connectivity index (χ3n) is 4.89. The molecular formula is C20H19ClF2N2O4S. The Kier molecular flexibility index (Phi) is 6.93. The molecule has 3 atom stereocenters. The van der Waals surface area contributed by atoms with E-state index in [-0.39, 0.29) is 31.0 Å². The molecule has 1 aliphatic heterocycles. The van der Waals surface area contributed by atoms with Crippen LogP contribution in [0.4, 0.5) is 8.78 Å². The Bertz CT molecular complexity index is 1060. The maximum atomic E-state index is 14.8. The zero-order chi connectivity index (χ0) is 21.9. The topological polar surface area (TPSA) is 99.4 Å². The van der Waals surface area contributed by atoms with Crippen LogP contribution in [0.3, 0.4) is 0 Å². The fourth-order valence-corrected chi connectivity index (χ4v) is 5.57. The minimum atomic E-state index is -4.21. The molecule has 10 heteroatoms. The number of hydrogen-bond donors (Lipinski definition) is 2. The fourth-order valence-electron chi connectivity index (χ4n) is 3.51.